The third-order valence-corrected chi connectivity index (χ3v) is 7.09. The highest BCUT2D eigenvalue weighted by molar-refractivity contribution is 7.92. The summed E-state index contributed by atoms with van der Waals surface area (Å²) in [6, 6.07) is 7.65. The Labute approximate surface area is 162 Å². The molecule has 2 N–H and O–H groups in total. The second-order valence-electron chi connectivity index (χ2n) is 7.48. The molecule has 0 amide bonds. The van der Waals surface area contributed by atoms with Crippen molar-refractivity contribution in [2.45, 2.75) is 38.5 Å². The zero-order valence-electron chi connectivity index (χ0n) is 16.6. The Balaban J connectivity index is 1.96. The van der Waals surface area contributed by atoms with E-state index in [9.17, 15) is 13.5 Å². The van der Waals surface area contributed by atoms with Gasteiger partial charge in [0.05, 0.1) is 17.0 Å². The average molecular weight is 398 g/mol. The standard InChI is InChI=1S/C19H31N3O4S/c1-5-20-18(22-9-10-27(24,25)19(3,4)14-22)21-12-16(23)13-26-17-8-6-7-15(2)11-17/h6-8,11,16,23H,5,9-10,12-14H2,1-4H3,(H,20,21). The topological polar surface area (TPSA) is 91.2 Å². The van der Waals surface area contributed by atoms with Crippen LogP contribution in [0.2, 0.25) is 0 Å². The lowest BCUT2D eigenvalue weighted by atomic mass is 10.2. The highest BCUT2D eigenvalue weighted by Crippen LogP contribution is 2.23. The zero-order valence-corrected chi connectivity index (χ0v) is 17.4. The van der Waals surface area contributed by atoms with E-state index in [0.29, 0.717) is 31.3 Å². The van der Waals surface area contributed by atoms with Gasteiger partial charge in [0.25, 0.3) is 0 Å². The van der Waals surface area contributed by atoms with Crippen molar-refractivity contribution in [3.8, 4) is 5.75 Å². The van der Waals surface area contributed by atoms with E-state index in [4.69, 9.17) is 4.74 Å². The molecule has 0 spiro atoms. The lowest BCUT2D eigenvalue weighted by Gasteiger charge is -2.39. The number of rotatable bonds is 6. The number of ether oxygens (including phenoxy) is 1. The van der Waals surface area contributed by atoms with Crippen molar-refractivity contribution in [1.82, 2.24) is 10.2 Å². The fourth-order valence-electron chi connectivity index (χ4n) is 2.89. The molecule has 1 atom stereocenters. The molecule has 0 aliphatic carbocycles. The first-order valence-corrected chi connectivity index (χ1v) is 10.9. The summed E-state index contributed by atoms with van der Waals surface area (Å²) in [4.78, 5) is 6.43. The molecule has 2 rings (SSSR count). The van der Waals surface area contributed by atoms with Crippen LogP contribution in [0.25, 0.3) is 0 Å². The lowest BCUT2D eigenvalue weighted by molar-refractivity contribution is 0.114. The number of nitrogens with one attached hydrogen (secondary N) is 1. The summed E-state index contributed by atoms with van der Waals surface area (Å²) in [5.41, 5.74) is 1.09. The fraction of sp³-hybridized carbons (Fsp3) is 0.632. The van der Waals surface area contributed by atoms with Gasteiger partial charge in [-0.3, -0.25) is 4.99 Å². The van der Waals surface area contributed by atoms with Crippen LogP contribution in [0.5, 0.6) is 5.75 Å². The number of benzene rings is 1. The largest absolute Gasteiger partial charge is 0.491 e. The SMILES string of the molecule is CCNC(=NCC(O)COc1cccc(C)c1)N1CCS(=O)(=O)C(C)(C)C1. The van der Waals surface area contributed by atoms with Crippen molar-refractivity contribution >= 4 is 15.8 Å². The Hall–Kier alpha value is -1.80. The third-order valence-electron chi connectivity index (χ3n) is 4.56. The zero-order chi connectivity index (χ0) is 20.1. The van der Waals surface area contributed by atoms with Crippen molar-refractivity contribution in [3.63, 3.8) is 0 Å². The fourth-order valence-corrected chi connectivity index (χ4v) is 4.26. The summed E-state index contributed by atoms with van der Waals surface area (Å²) in [6.45, 7) is 9.17. The molecule has 0 aromatic heterocycles. The Kier molecular flexibility index (Phi) is 7.11. The smallest absolute Gasteiger partial charge is 0.194 e. The van der Waals surface area contributed by atoms with Gasteiger partial charge < -0.3 is 20.1 Å². The van der Waals surface area contributed by atoms with Crippen LogP contribution in [0.1, 0.15) is 26.3 Å². The third kappa shape index (κ3) is 5.84. The Morgan fingerprint density at radius 1 is 1.44 bits per heavy atom. The maximum atomic E-state index is 12.2. The van der Waals surface area contributed by atoms with E-state index in [0.717, 1.165) is 5.56 Å². The van der Waals surface area contributed by atoms with Gasteiger partial charge in [0.1, 0.15) is 18.5 Å². The second kappa shape index (κ2) is 8.93. The Bertz CT molecular complexity index is 762. The van der Waals surface area contributed by atoms with Gasteiger partial charge in [0, 0.05) is 19.6 Å². The van der Waals surface area contributed by atoms with E-state index >= 15 is 0 Å². The predicted molar refractivity (Wildman–Crippen MR) is 108 cm³/mol. The molecule has 1 aromatic rings. The number of hydrogen-bond acceptors (Lipinski definition) is 5. The number of aliphatic hydroxyl groups is 1. The monoisotopic (exact) mass is 397 g/mol. The van der Waals surface area contributed by atoms with Crippen molar-refractivity contribution in [2.24, 2.45) is 4.99 Å². The molecular formula is C19H31N3O4S. The van der Waals surface area contributed by atoms with Crippen molar-refractivity contribution in [3.05, 3.63) is 29.8 Å². The van der Waals surface area contributed by atoms with Gasteiger partial charge in [-0.25, -0.2) is 8.42 Å². The Morgan fingerprint density at radius 2 is 2.19 bits per heavy atom. The average Bonchev–Trinajstić information content (AvgIpc) is 2.59. The van der Waals surface area contributed by atoms with E-state index < -0.39 is 20.7 Å². The maximum Gasteiger partial charge on any atom is 0.194 e. The highest BCUT2D eigenvalue weighted by atomic mass is 32.2. The second-order valence-corrected chi connectivity index (χ2v) is 10.2. The predicted octanol–water partition coefficient (Wildman–Crippen LogP) is 1.21. The molecule has 0 bridgehead atoms. The minimum Gasteiger partial charge on any atom is -0.491 e. The van der Waals surface area contributed by atoms with Gasteiger partial charge in [0.2, 0.25) is 0 Å². The first kappa shape index (κ1) is 21.5. The van der Waals surface area contributed by atoms with E-state index in [-0.39, 0.29) is 18.9 Å². The van der Waals surface area contributed by atoms with Gasteiger partial charge in [-0.2, -0.15) is 0 Å². The highest BCUT2D eigenvalue weighted by Gasteiger charge is 2.40. The summed E-state index contributed by atoms with van der Waals surface area (Å²) < 4.78 is 29.2. The molecule has 1 fully saturated rings. The van der Waals surface area contributed by atoms with E-state index in [2.05, 4.69) is 10.3 Å². The molecule has 7 nitrogen and oxygen atoms in total. The number of sulfone groups is 1. The van der Waals surface area contributed by atoms with Crippen LogP contribution >= 0.6 is 0 Å². The van der Waals surface area contributed by atoms with Crippen LogP contribution in [0.15, 0.2) is 29.3 Å². The van der Waals surface area contributed by atoms with Crippen LogP contribution in [-0.2, 0) is 9.84 Å². The Morgan fingerprint density at radius 3 is 2.81 bits per heavy atom. The van der Waals surface area contributed by atoms with Crippen LogP contribution in [-0.4, -0.2) is 73.8 Å². The van der Waals surface area contributed by atoms with Gasteiger partial charge >= 0.3 is 0 Å². The number of guanidine groups is 1. The van der Waals surface area contributed by atoms with Crippen LogP contribution in [0.4, 0.5) is 0 Å². The molecule has 1 heterocycles. The van der Waals surface area contributed by atoms with Gasteiger partial charge in [-0.05, 0) is 45.4 Å². The minimum atomic E-state index is -3.11. The molecule has 1 aromatic carbocycles. The molecule has 1 saturated heterocycles. The van der Waals surface area contributed by atoms with Gasteiger partial charge in [-0.15, -0.1) is 0 Å². The molecule has 0 saturated carbocycles. The number of aliphatic imine (C=N–C) groups is 1. The molecule has 1 aliphatic rings. The van der Waals surface area contributed by atoms with Crippen molar-refractivity contribution < 1.29 is 18.3 Å². The van der Waals surface area contributed by atoms with Crippen molar-refractivity contribution in [1.29, 1.82) is 0 Å². The lowest BCUT2D eigenvalue weighted by Crippen LogP contribution is -2.57. The molecule has 8 heteroatoms. The first-order valence-electron chi connectivity index (χ1n) is 9.28. The summed E-state index contributed by atoms with van der Waals surface area (Å²) >= 11 is 0. The minimum absolute atomic E-state index is 0.101. The van der Waals surface area contributed by atoms with Crippen LogP contribution in [0, 0.1) is 6.92 Å². The first-order chi connectivity index (χ1) is 12.6. The summed E-state index contributed by atoms with van der Waals surface area (Å²) in [5, 5.41) is 13.4. The van der Waals surface area contributed by atoms with Gasteiger partial charge in [0.15, 0.2) is 15.8 Å². The van der Waals surface area contributed by atoms with Gasteiger partial charge in [-0.1, -0.05) is 12.1 Å². The van der Waals surface area contributed by atoms with Crippen molar-refractivity contribution in [2.75, 3.05) is 38.5 Å². The maximum absolute atomic E-state index is 12.2. The van der Waals surface area contributed by atoms with Crippen LogP contribution < -0.4 is 10.1 Å². The summed E-state index contributed by atoms with van der Waals surface area (Å²) in [6.07, 6.45) is -0.749. The number of aliphatic hydroxyl groups excluding tert-OH is 1. The number of aryl methyl sites for hydroxylation is 1. The van der Waals surface area contributed by atoms with E-state index in [1.54, 1.807) is 13.8 Å². The molecule has 1 unspecified atom stereocenters. The molecule has 1 aliphatic heterocycles. The quantitative estimate of drug-likeness (QED) is 0.554. The van der Waals surface area contributed by atoms with Crippen LogP contribution in [0.3, 0.4) is 0 Å². The molecule has 152 valence electrons. The molecular weight excluding hydrogens is 366 g/mol. The molecule has 0 radical (unpaired) electrons. The number of nitrogens with zero attached hydrogens (tertiary/aromatic N) is 2. The number of hydrogen-bond donors (Lipinski definition) is 2. The summed E-state index contributed by atoms with van der Waals surface area (Å²) in [5.74, 6) is 1.44. The van der Waals surface area contributed by atoms with E-state index in [1.807, 2.05) is 43.0 Å². The molecule has 27 heavy (non-hydrogen) atoms. The normalized spacial score (nSPS) is 20.2. The van der Waals surface area contributed by atoms with E-state index in [1.165, 1.54) is 0 Å². The summed E-state index contributed by atoms with van der Waals surface area (Å²) in [7, 11) is -3.11.